The molecule has 0 aliphatic heterocycles. The Hall–Kier alpha value is -1.90. The Bertz CT molecular complexity index is 475. The molecule has 1 atom stereocenters. The van der Waals surface area contributed by atoms with Crippen molar-refractivity contribution in [2.45, 2.75) is 13.1 Å². The number of anilines is 2. The van der Waals surface area contributed by atoms with Crippen LogP contribution >= 0.6 is 0 Å². The molecule has 19 heavy (non-hydrogen) atoms. The van der Waals surface area contributed by atoms with Gasteiger partial charge in [-0.25, -0.2) is 0 Å². The van der Waals surface area contributed by atoms with Crippen LogP contribution in [-0.4, -0.2) is 26.8 Å². The molecule has 0 amide bonds. The molecule has 6 heteroatoms. The summed E-state index contributed by atoms with van der Waals surface area (Å²) >= 11 is 0. The molecule has 0 saturated carbocycles. The second-order valence-corrected chi connectivity index (χ2v) is 4.50. The number of aryl methyl sites for hydroxylation is 1. The van der Waals surface area contributed by atoms with Gasteiger partial charge in [0, 0.05) is 32.0 Å². The number of benzene rings is 1. The maximum atomic E-state index is 12.4. The highest BCUT2D eigenvalue weighted by molar-refractivity contribution is 5.61. The van der Waals surface area contributed by atoms with Crippen molar-refractivity contribution in [3.05, 3.63) is 23.8 Å². The van der Waals surface area contributed by atoms with Crippen LogP contribution in [0.15, 0.2) is 18.2 Å². The summed E-state index contributed by atoms with van der Waals surface area (Å²) in [6.45, 7) is 1.48. The van der Waals surface area contributed by atoms with E-state index in [0.717, 1.165) is 11.3 Å². The van der Waals surface area contributed by atoms with Crippen molar-refractivity contribution in [2.75, 3.05) is 30.9 Å². The number of hydrogen-bond acceptors (Lipinski definition) is 3. The number of halogens is 3. The van der Waals surface area contributed by atoms with Gasteiger partial charge in [0.05, 0.1) is 6.07 Å². The van der Waals surface area contributed by atoms with Gasteiger partial charge in [0.2, 0.25) is 0 Å². The van der Waals surface area contributed by atoms with Gasteiger partial charge >= 0.3 is 6.18 Å². The summed E-state index contributed by atoms with van der Waals surface area (Å²) in [4.78, 5) is 1.88. The molecule has 0 aromatic heterocycles. The van der Waals surface area contributed by atoms with E-state index in [1.54, 1.807) is 12.1 Å². The zero-order valence-corrected chi connectivity index (χ0v) is 11.0. The molecule has 0 heterocycles. The van der Waals surface area contributed by atoms with Crippen LogP contribution in [0.1, 0.15) is 5.56 Å². The molecule has 0 radical (unpaired) electrons. The third-order valence-electron chi connectivity index (χ3n) is 2.75. The van der Waals surface area contributed by atoms with E-state index in [0.29, 0.717) is 5.69 Å². The minimum absolute atomic E-state index is 0.448. The molecular formula is C13H16F3N3. The molecule has 1 rings (SSSR count). The lowest BCUT2D eigenvalue weighted by Gasteiger charge is -2.19. The van der Waals surface area contributed by atoms with Crippen LogP contribution in [-0.2, 0) is 0 Å². The second-order valence-electron chi connectivity index (χ2n) is 4.50. The lowest BCUT2D eigenvalue weighted by molar-refractivity contribution is -0.155. The van der Waals surface area contributed by atoms with Crippen molar-refractivity contribution in [3.8, 4) is 6.07 Å². The van der Waals surface area contributed by atoms with E-state index in [4.69, 9.17) is 5.26 Å². The molecule has 0 fully saturated rings. The van der Waals surface area contributed by atoms with Crippen molar-refractivity contribution in [3.63, 3.8) is 0 Å². The first-order valence-electron chi connectivity index (χ1n) is 5.74. The minimum Gasteiger partial charge on any atom is -0.383 e. The SMILES string of the molecule is Cc1ccc(NCC(C#N)C(F)(F)F)cc1N(C)C. The fourth-order valence-corrected chi connectivity index (χ4v) is 1.66. The lowest BCUT2D eigenvalue weighted by atomic mass is 10.1. The summed E-state index contributed by atoms with van der Waals surface area (Å²) in [5, 5.41) is 11.2. The van der Waals surface area contributed by atoms with Crippen LogP contribution in [0.5, 0.6) is 0 Å². The predicted molar refractivity (Wildman–Crippen MR) is 69.2 cm³/mol. The van der Waals surface area contributed by atoms with E-state index in [9.17, 15) is 13.2 Å². The van der Waals surface area contributed by atoms with E-state index in [2.05, 4.69) is 5.32 Å². The first-order valence-corrected chi connectivity index (χ1v) is 5.74. The van der Waals surface area contributed by atoms with Crippen molar-refractivity contribution < 1.29 is 13.2 Å². The average molecular weight is 271 g/mol. The number of alkyl halides is 3. The Morgan fingerprint density at radius 1 is 1.37 bits per heavy atom. The van der Waals surface area contributed by atoms with Gasteiger partial charge in [-0.1, -0.05) is 6.07 Å². The van der Waals surface area contributed by atoms with Gasteiger partial charge in [-0.3, -0.25) is 0 Å². The van der Waals surface area contributed by atoms with Gasteiger partial charge in [0.1, 0.15) is 0 Å². The van der Waals surface area contributed by atoms with Gasteiger partial charge in [-0.15, -0.1) is 0 Å². The number of hydrogen-bond donors (Lipinski definition) is 1. The molecule has 0 bridgehead atoms. The third kappa shape index (κ3) is 4.05. The Balaban J connectivity index is 2.79. The van der Waals surface area contributed by atoms with E-state index in [1.165, 1.54) is 6.07 Å². The standard InChI is InChI=1S/C13H16F3N3/c1-9-4-5-11(6-12(9)19(2)3)18-8-10(7-17)13(14,15)16/h4-6,10,18H,8H2,1-3H3. The highest BCUT2D eigenvalue weighted by Gasteiger charge is 2.39. The van der Waals surface area contributed by atoms with Gasteiger partial charge < -0.3 is 10.2 Å². The van der Waals surface area contributed by atoms with E-state index < -0.39 is 18.6 Å². The number of nitrogens with one attached hydrogen (secondary N) is 1. The quantitative estimate of drug-likeness (QED) is 0.914. The molecule has 0 aliphatic rings. The molecule has 1 N–H and O–H groups in total. The van der Waals surface area contributed by atoms with Gasteiger partial charge in [-0.2, -0.15) is 18.4 Å². The Labute approximate surface area is 110 Å². The maximum absolute atomic E-state index is 12.4. The predicted octanol–water partition coefficient (Wildman–Crippen LogP) is 3.18. The number of nitrogens with zero attached hydrogens (tertiary/aromatic N) is 2. The van der Waals surface area contributed by atoms with Gasteiger partial charge in [0.15, 0.2) is 5.92 Å². The molecular weight excluding hydrogens is 255 g/mol. The van der Waals surface area contributed by atoms with E-state index in [1.807, 2.05) is 32.0 Å². The van der Waals surface area contributed by atoms with Crippen LogP contribution in [0, 0.1) is 24.2 Å². The Morgan fingerprint density at radius 3 is 2.47 bits per heavy atom. The minimum atomic E-state index is -4.50. The van der Waals surface area contributed by atoms with Gasteiger partial charge in [-0.05, 0) is 24.6 Å². The average Bonchev–Trinajstić information content (AvgIpc) is 2.29. The Kier molecular flexibility index (Phi) is 4.65. The summed E-state index contributed by atoms with van der Waals surface area (Å²) < 4.78 is 37.3. The first kappa shape index (κ1) is 15.2. The maximum Gasteiger partial charge on any atom is 0.406 e. The molecule has 1 aromatic rings. The molecule has 104 valence electrons. The fourth-order valence-electron chi connectivity index (χ4n) is 1.66. The molecule has 1 aromatic carbocycles. The summed E-state index contributed by atoms with van der Waals surface area (Å²) in [5.74, 6) is -2.00. The third-order valence-corrected chi connectivity index (χ3v) is 2.75. The van der Waals surface area contributed by atoms with Crippen LogP contribution in [0.2, 0.25) is 0 Å². The monoisotopic (exact) mass is 271 g/mol. The Morgan fingerprint density at radius 2 is 2.00 bits per heavy atom. The summed E-state index contributed by atoms with van der Waals surface area (Å²) in [6, 6.07) is 6.55. The number of nitriles is 1. The zero-order valence-electron chi connectivity index (χ0n) is 11.0. The van der Waals surface area contributed by atoms with Crippen LogP contribution < -0.4 is 10.2 Å². The van der Waals surface area contributed by atoms with Crippen molar-refractivity contribution in [1.82, 2.24) is 0 Å². The molecule has 0 saturated heterocycles. The zero-order chi connectivity index (χ0) is 14.6. The largest absolute Gasteiger partial charge is 0.406 e. The lowest BCUT2D eigenvalue weighted by Crippen LogP contribution is -2.28. The van der Waals surface area contributed by atoms with E-state index >= 15 is 0 Å². The number of rotatable bonds is 4. The normalized spacial score (nSPS) is 12.7. The van der Waals surface area contributed by atoms with Crippen LogP contribution in [0.4, 0.5) is 24.5 Å². The summed E-state index contributed by atoms with van der Waals surface area (Å²) in [6.07, 6.45) is -4.50. The van der Waals surface area contributed by atoms with Crippen LogP contribution in [0.25, 0.3) is 0 Å². The smallest absolute Gasteiger partial charge is 0.383 e. The van der Waals surface area contributed by atoms with Crippen molar-refractivity contribution in [1.29, 1.82) is 5.26 Å². The summed E-state index contributed by atoms with van der Waals surface area (Å²) in [5.41, 5.74) is 2.52. The summed E-state index contributed by atoms with van der Waals surface area (Å²) in [7, 11) is 3.72. The molecule has 1 unspecified atom stereocenters. The highest BCUT2D eigenvalue weighted by Crippen LogP contribution is 2.27. The van der Waals surface area contributed by atoms with Crippen molar-refractivity contribution >= 4 is 11.4 Å². The van der Waals surface area contributed by atoms with E-state index in [-0.39, 0.29) is 0 Å². The van der Waals surface area contributed by atoms with Crippen molar-refractivity contribution in [2.24, 2.45) is 5.92 Å². The topological polar surface area (TPSA) is 39.1 Å². The first-order chi connectivity index (χ1) is 8.75. The van der Waals surface area contributed by atoms with Gasteiger partial charge in [0.25, 0.3) is 0 Å². The second kappa shape index (κ2) is 5.83. The fraction of sp³-hybridized carbons (Fsp3) is 0.462. The molecule has 0 aliphatic carbocycles. The molecule has 0 spiro atoms. The molecule has 3 nitrogen and oxygen atoms in total. The highest BCUT2D eigenvalue weighted by atomic mass is 19.4. The van der Waals surface area contributed by atoms with Crippen LogP contribution in [0.3, 0.4) is 0 Å².